The molecule has 0 N–H and O–H groups in total. The van der Waals surface area contributed by atoms with Crippen molar-refractivity contribution in [3.8, 4) is 11.5 Å². The molecule has 3 unspecified atom stereocenters. The summed E-state index contributed by atoms with van der Waals surface area (Å²) in [5.74, 6) is 1.54. The topological polar surface area (TPSA) is 35.5 Å². The Morgan fingerprint density at radius 1 is 0.938 bits per heavy atom. The van der Waals surface area contributed by atoms with Gasteiger partial charge in [-0.3, -0.25) is 4.79 Å². The first-order valence-electron chi connectivity index (χ1n) is 11.4. The van der Waals surface area contributed by atoms with E-state index in [9.17, 15) is 4.79 Å². The van der Waals surface area contributed by atoms with E-state index in [-0.39, 0.29) is 50.6 Å². The minimum Gasteiger partial charge on any atom is -0.491 e. The normalized spacial score (nSPS) is 13.5. The zero-order valence-corrected chi connectivity index (χ0v) is 22.7. The van der Waals surface area contributed by atoms with Gasteiger partial charge >= 0.3 is 18.9 Å². The molecule has 0 saturated heterocycles. The van der Waals surface area contributed by atoms with E-state index in [4.69, 9.17) is 9.47 Å². The number of ether oxygens (including phenoxy) is 2. The van der Waals surface area contributed by atoms with Crippen LogP contribution in [0.4, 0.5) is 0 Å². The van der Waals surface area contributed by atoms with Crippen molar-refractivity contribution in [1.29, 1.82) is 0 Å². The first-order chi connectivity index (χ1) is 14.5. The zero-order chi connectivity index (χ0) is 23.3. The molecular weight excluding hydrogens is 410 g/mol. The van der Waals surface area contributed by atoms with E-state index < -0.39 is 0 Å². The number of aryl methyl sites for hydroxylation is 2. The minimum absolute atomic E-state index is 0. The Labute approximate surface area is 209 Å². The summed E-state index contributed by atoms with van der Waals surface area (Å²) in [6, 6.07) is 10.2. The minimum atomic E-state index is 0. The first kappa shape index (κ1) is 28.8. The molecule has 0 amide bonds. The maximum atomic E-state index is 13.4. The van der Waals surface area contributed by atoms with Crippen LogP contribution in [0.15, 0.2) is 30.3 Å². The van der Waals surface area contributed by atoms with Crippen LogP contribution in [0.1, 0.15) is 88.4 Å². The zero-order valence-electron chi connectivity index (χ0n) is 21.7. The third-order valence-electron chi connectivity index (χ3n) is 5.64. The van der Waals surface area contributed by atoms with Crippen molar-refractivity contribution in [3.05, 3.63) is 52.6 Å². The summed E-state index contributed by atoms with van der Waals surface area (Å²) in [6.07, 6.45) is 2.05. The van der Waals surface area contributed by atoms with Crippen LogP contribution in [0.2, 0.25) is 0 Å². The van der Waals surface area contributed by atoms with Crippen LogP contribution in [0, 0.1) is 13.8 Å². The predicted octanol–water partition coefficient (Wildman–Crippen LogP) is 4.10. The van der Waals surface area contributed by atoms with Crippen molar-refractivity contribution < 1.29 is 33.1 Å². The molecule has 32 heavy (non-hydrogen) atoms. The molecule has 2 rings (SSSR count). The molecule has 0 aliphatic heterocycles. The summed E-state index contributed by atoms with van der Waals surface area (Å²) in [5, 5.41) is 0.931. The maximum Gasteiger partial charge on any atom is 1.00 e. The van der Waals surface area contributed by atoms with Crippen LogP contribution >= 0.6 is 8.58 Å². The van der Waals surface area contributed by atoms with Gasteiger partial charge in [0.15, 0.2) is 5.52 Å². The van der Waals surface area contributed by atoms with E-state index in [1.807, 2.05) is 32.0 Å². The van der Waals surface area contributed by atoms with E-state index in [2.05, 4.69) is 60.6 Å². The van der Waals surface area contributed by atoms with Crippen molar-refractivity contribution in [2.45, 2.75) is 92.8 Å². The molecule has 0 radical (unpaired) electrons. The second kappa shape index (κ2) is 12.3. The molecule has 0 saturated carbocycles. The van der Waals surface area contributed by atoms with Gasteiger partial charge in [0.2, 0.25) is 0 Å². The van der Waals surface area contributed by atoms with Gasteiger partial charge in [-0.15, -0.1) is 0 Å². The Morgan fingerprint density at radius 3 is 1.97 bits per heavy atom. The quantitative estimate of drug-likeness (QED) is 0.427. The second-order valence-corrected chi connectivity index (χ2v) is 10.8. The fourth-order valence-corrected chi connectivity index (χ4v) is 4.52. The fourth-order valence-electron chi connectivity index (χ4n) is 3.33. The van der Waals surface area contributed by atoms with Crippen LogP contribution in [-0.2, 0) is 5.41 Å². The third kappa shape index (κ3) is 7.66. The number of benzene rings is 2. The average molecular weight is 450 g/mol. The Hall–Kier alpha value is -1.26. The van der Waals surface area contributed by atoms with Gasteiger partial charge in [-0.1, -0.05) is 46.8 Å². The molecule has 0 aliphatic carbocycles. The van der Waals surface area contributed by atoms with Gasteiger partial charge < -0.3 is 9.47 Å². The summed E-state index contributed by atoms with van der Waals surface area (Å²) in [6.45, 7) is 19.0. The van der Waals surface area contributed by atoms with Gasteiger partial charge in [-0.2, -0.15) is 0 Å². The molecule has 0 spiro atoms. The van der Waals surface area contributed by atoms with Gasteiger partial charge in [0.05, 0.1) is 12.2 Å². The van der Waals surface area contributed by atoms with Crippen LogP contribution in [0.5, 0.6) is 11.5 Å². The fraction of sp³-hybridized carbons (Fsp3) is 0.519. The summed E-state index contributed by atoms with van der Waals surface area (Å²) in [5.41, 5.74) is 4.39. The maximum absolute atomic E-state index is 13.4. The van der Waals surface area contributed by atoms with Gasteiger partial charge in [-0.05, 0) is 83.4 Å². The molecule has 3 nitrogen and oxygen atoms in total. The molecule has 0 aromatic heterocycles. The Balaban J connectivity index is 0.00000512. The van der Waals surface area contributed by atoms with Crippen molar-refractivity contribution in [2.75, 3.05) is 0 Å². The Morgan fingerprint density at radius 2 is 1.47 bits per heavy atom. The summed E-state index contributed by atoms with van der Waals surface area (Å²) in [4.78, 5) is 13.4. The van der Waals surface area contributed by atoms with E-state index in [1.165, 1.54) is 5.56 Å². The number of hydrogen-bond acceptors (Lipinski definition) is 3. The third-order valence-corrected chi connectivity index (χ3v) is 6.80. The van der Waals surface area contributed by atoms with Crippen molar-refractivity contribution in [1.82, 2.24) is 0 Å². The standard InChI is InChI=1S/C27H39O3P.Li/c1-10-19(5)29-22-12-13-24(23(16-22)30-20(6)11-2)31-26(28)25-17(3)14-21(15-18(25)4)27(7,8)9;/h12-16,19-20,31H,10-11H2,1-9H3;/q;+1. The van der Waals surface area contributed by atoms with Crippen LogP contribution in [0.3, 0.4) is 0 Å². The molecule has 0 aliphatic rings. The molecule has 170 valence electrons. The first-order valence-corrected chi connectivity index (χ1v) is 12.4. The van der Waals surface area contributed by atoms with Gasteiger partial charge in [0, 0.05) is 16.9 Å². The van der Waals surface area contributed by atoms with Gasteiger partial charge in [0.25, 0.3) is 0 Å². The Bertz CT molecular complexity index is 895. The number of carbonyl (C=O) groups excluding carboxylic acids is 1. The van der Waals surface area contributed by atoms with Crippen LogP contribution in [-0.4, -0.2) is 17.7 Å². The predicted molar refractivity (Wildman–Crippen MR) is 134 cm³/mol. The van der Waals surface area contributed by atoms with E-state index in [1.54, 1.807) is 0 Å². The Kier molecular flexibility index (Phi) is 11.0. The molecular formula is C27H39LiO3P+. The molecule has 0 fully saturated rings. The molecule has 3 atom stereocenters. The average Bonchev–Trinajstić information content (AvgIpc) is 2.68. The summed E-state index contributed by atoms with van der Waals surface area (Å²) >= 11 is 0. The van der Waals surface area contributed by atoms with Crippen LogP contribution < -0.4 is 33.6 Å². The number of rotatable bonds is 9. The molecule has 2 aromatic carbocycles. The van der Waals surface area contributed by atoms with Gasteiger partial charge in [0.1, 0.15) is 11.5 Å². The smallest absolute Gasteiger partial charge is 0.491 e. The van der Waals surface area contributed by atoms with E-state index >= 15 is 0 Å². The van der Waals surface area contributed by atoms with E-state index in [0.29, 0.717) is 0 Å². The largest absolute Gasteiger partial charge is 1.00 e. The monoisotopic (exact) mass is 449 g/mol. The summed E-state index contributed by atoms with van der Waals surface area (Å²) in [7, 11) is 0.00479. The van der Waals surface area contributed by atoms with Crippen molar-refractivity contribution >= 4 is 19.4 Å². The molecule has 2 aromatic rings. The molecule has 0 heterocycles. The van der Waals surface area contributed by atoms with Crippen molar-refractivity contribution in [3.63, 3.8) is 0 Å². The van der Waals surface area contributed by atoms with E-state index in [0.717, 1.165) is 46.3 Å². The summed E-state index contributed by atoms with van der Waals surface area (Å²) < 4.78 is 12.2. The van der Waals surface area contributed by atoms with Crippen molar-refractivity contribution in [2.24, 2.45) is 0 Å². The number of hydrogen-bond donors (Lipinski definition) is 0. The molecule has 5 heteroatoms. The molecule has 0 bridgehead atoms. The number of carbonyl (C=O) groups is 1. The van der Waals surface area contributed by atoms with Crippen LogP contribution in [0.25, 0.3) is 0 Å². The van der Waals surface area contributed by atoms with Gasteiger partial charge in [-0.25, -0.2) is 0 Å². The second-order valence-electron chi connectivity index (χ2n) is 9.52. The SMILES string of the molecule is CCC(C)Oc1ccc(PC(=O)c2c(C)cc(C(C)(C)C)cc2C)c(OC(C)CC)c1.[Li+].